The first-order chi connectivity index (χ1) is 23.5. The lowest BCUT2D eigenvalue weighted by Crippen LogP contribution is -2.55. The van der Waals surface area contributed by atoms with E-state index in [1.165, 1.54) is 35.1 Å². The summed E-state index contributed by atoms with van der Waals surface area (Å²) in [7, 11) is 0. The van der Waals surface area contributed by atoms with Gasteiger partial charge in [-0.2, -0.15) is 0 Å². The largest absolute Gasteiger partial charge is 0.332 e. The maximum Gasteiger partial charge on any atom is 0.242 e. The summed E-state index contributed by atoms with van der Waals surface area (Å²) in [5.41, 5.74) is 5.16. The number of benzene rings is 2. The van der Waals surface area contributed by atoms with Crippen LogP contribution in [0.4, 0.5) is 0 Å². The van der Waals surface area contributed by atoms with Crippen LogP contribution in [-0.2, 0) is 32.0 Å². The average Bonchev–Trinajstić information content (AvgIpc) is 3.45. The number of nitrogens with zero attached hydrogens (tertiary/aromatic N) is 4. The molecule has 0 aromatic heterocycles. The van der Waals surface area contributed by atoms with Crippen molar-refractivity contribution in [3.05, 3.63) is 70.8 Å². The molecule has 2 aliphatic carbocycles. The second-order valence-corrected chi connectivity index (χ2v) is 14.9. The minimum Gasteiger partial charge on any atom is -0.332 e. The highest BCUT2D eigenvalue weighted by molar-refractivity contribution is 5.88. The molecule has 2 aromatic carbocycles. The zero-order valence-electron chi connectivity index (χ0n) is 28.5. The fourth-order valence-electron chi connectivity index (χ4n) is 9.30. The van der Waals surface area contributed by atoms with E-state index in [1.807, 2.05) is 19.6 Å². The normalized spacial score (nSPS) is 25.0. The van der Waals surface area contributed by atoms with Crippen molar-refractivity contribution in [2.24, 2.45) is 11.8 Å². The third-order valence-corrected chi connectivity index (χ3v) is 11.9. The van der Waals surface area contributed by atoms with E-state index in [9.17, 15) is 19.2 Å². The van der Waals surface area contributed by atoms with Gasteiger partial charge in [-0.05, 0) is 73.6 Å². The predicted octanol–water partition coefficient (Wildman–Crippen LogP) is 5.85. The van der Waals surface area contributed by atoms with Crippen LogP contribution in [0.5, 0.6) is 0 Å². The molecule has 8 rings (SSSR count). The highest BCUT2D eigenvalue weighted by Crippen LogP contribution is 2.36. The standard InChI is InChI=1S/2C20H26N2O2/c2*23-19-14-21(20(24)16-8-2-1-3-9-16)13-18-17-11-5-4-7-15(17)10-6-12-22(18)19/h2*4-5,7,11,16,18H,1-3,6,8-10,12-14H2. The summed E-state index contributed by atoms with van der Waals surface area (Å²) in [6.45, 7) is 3.49. The molecule has 2 saturated carbocycles. The summed E-state index contributed by atoms with van der Waals surface area (Å²) in [4.78, 5) is 59.0. The molecule has 6 aliphatic rings. The van der Waals surface area contributed by atoms with Crippen LogP contribution in [0.15, 0.2) is 48.5 Å². The molecule has 0 bridgehead atoms. The van der Waals surface area contributed by atoms with Crippen molar-refractivity contribution in [2.75, 3.05) is 39.3 Å². The quantitative estimate of drug-likeness (QED) is 0.408. The van der Waals surface area contributed by atoms with Crippen molar-refractivity contribution >= 4 is 23.6 Å². The molecule has 48 heavy (non-hydrogen) atoms. The Morgan fingerprint density at radius 1 is 0.521 bits per heavy atom. The molecule has 2 aromatic rings. The molecule has 0 spiro atoms. The van der Waals surface area contributed by atoms with Gasteiger partial charge >= 0.3 is 0 Å². The Bertz CT molecular complexity index is 1380. The van der Waals surface area contributed by atoms with Gasteiger partial charge < -0.3 is 19.6 Å². The van der Waals surface area contributed by atoms with Gasteiger partial charge in [0.15, 0.2) is 0 Å². The Balaban J connectivity index is 0.000000152. The molecule has 2 unspecified atom stereocenters. The van der Waals surface area contributed by atoms with Gasteiger partial charge in [-0.25, -0.2) is 0 Å². The summed E-state index contributed by atoms with van der Waals surface area (Å²) in [6.07, 6.45) is 15.1. The first kappa shape index (κ1) is 32.8. The summed E-state index contributed by atoms with van der Waals surface area (Å²) >= 11 is 0. The Morgan fingerprint density at radius 3 is 1.33 bits per heavy atom. The molecule has 2 saturated heterocycles. The lowest BCUT2D eigenvalue weighted by Gasteiger charge is -2.42. The van der Waals surface area contributed by atoms with Gasteiger partial charge in [0.1, 0.15) is 0 Å². The molecule has 4 heterocycles. The molecule has 4 aliphatic heterocycles. The lowest BCUT2D eigenvalue weighted by atomic mass is 9.87. The number of carbonyl (C=O) groups excluding carboxylic acids is 4. The third kappa shape index (κ3) is 6.90. The van der Waals surface area contributed by atoms with Crippen molar-refractivity contribution in [3.8, 4) is 0 Å². The summed E-state index contributed by atoms with van der Waals surface area (Å²) in [6, 6.07) is 16.9. The first-order valence-electron chi connectivity index (χ1n) is 18.8. The molecular weight excluding hydrogens is 600 g/mol. The SMILES string of the molecule is O=C(C1CCCCC1)N1CC(=O)N2CCCc3ccccc3C2C1.O=C(C1CCCCC1)N1CC(=O)N2CCCc3ccccc3C2C1. The smallest absolute Gasteiger partial charge is 0.242 e. The zero-order chi connectivity index (χ0) is 33.0. The molecule has 8 heteroatoms. The fourth-order valence-corrected chi connectivity index (χ4v) is 9.30. The number of hydrogen-bond donors (Lipinski definition) is 0. The monoisotopic (exact) mass is 652 g/mol. The number of piperazine rings is 2. The van der Waals surface area contributed by atoms with E-state index in [-0.39, 0.29) is 60.6 Å². The fraction of sp³-hybridized carbons (Fsp3) is 0.600. The maximum absolute atomic E-state index is 12.9. The van der Waals surface area contributed by atoms with Crippen LogP contribution in [0.25, 0.3) is 0 Å². The van der Waals surface area contributed by atoms with Gasteiger partial charge in [-0.1, -0.05) is 87.1 Å². The van der Waals surface area contributed by atoms with E-state index in [4.69, 9.17) is 0 Å². The van der Waals surface area contributed by atoms with E-state index in [0.717, 1.165) is 90.1 Å². The first-order valence-corrected chi connectivity index (χ1v) is 18.8. The van der Waals surface area contributed by atoms with Crippen molar-refractivity contribution < 1.29 is 19.2 Å². The molecule has 8 nitrogen and oxygen atoms in total. The van der Waals surface area contributed by atoms with Gasteiger partial charge in [0, 0.05) is 38.0 Å². The number of aryl methyl sites for hydroxylation is 2. The van der Waals surface area contributed by atoms with E-state index in [0.29, 0.717) is 13.1 Å². The molecule has 0 N–H and O–H groups in total. The molecule has 4 fully saturated rings. The summed E-state index contributed by atoms with van der Waals surface area (Å²) in [5.74, 6) is 0.936. The van der Waals surface area contributed by atoms with E-state index in [2.05, 4.69) is 48.5 Å². The van der Waals surface area contributed by atoms with E-state index in [1.54, 1.807) is 0 Å². The van der Waals surface area contributed by atoms with Crippen molar-refractivity contribution in [3.63, 3.8) is 0 Å². The maximum atomic E-state index is 12.9. The summed E-state index contributed by atoms with van der Waals surface area (Å²) in [5, 5.41) is 0. The Labute approximate surface area is 285 Å². The lowest BCUT2D eigenvalue weighted by molar-refractivity contribution is -0.151. The predicted molar refractivity (Wildman–Crippen MR) is 185 cm³/mol. The second-order valence-electron chi connectivity index (χ2n) is 14.9. The van der Waals surface area contributed by atoms with Gasteiger partial charge in [0.25, 0.3) is 0 Å². The molecule has 4 amide bonds. The Hall–Kier alpha value is -3.68. The van der Waals surface area contributed by atoms with Crippen LogP contribution < -0.4 is 0 Å². The van der Waals surface area contributed by atoms with Crippen LogP contribution in [0.1, 0.15) is 111 Å². The van der Waals surface area contributed by atoms with Crippen LogP contribution in [0.3, 0.4) is 0 Å². The van der Waals surface area contributed by atoms with Gasteiger partial charge in [-0.15, -0.1) is 0 Å². The van der Waals surface area contributed by atoms with E-state index < -0.39 is 0 Å². The second kappa shape index (κ2) is 14.8. The topological polar surface area (TPSA) is 81.2 Å². The highest BCUT2D eigenvalue weighted by Gasteiger charge is 2.40. The number of carbonyl (C=O) groups is 4. The van der Waals surface area contributed by atoms with Crippen LogP contribution in [0.2, 0.25) is 0 Å². The Kier molecular flexibility index (Phi) is 10.2. The van der Waals surface area contributed by atoms with Crippen molar-refractivity contribution in [1.29, 1.82) is 0 Å². The molecule has 2 atom stereocenters. The molecule has 256 valence electrons. The average molecular weight is 653 g/mol. The molecule has 0 radical (unpaired) electrons. The van der Waals surface area contributed by atoms with Crippen LogP contribution >= 0.6 is 0 Å². The highest BCUT2D eigenvalue weighted by atomic mass is 16.2. The van der Waals surface area contributed by atoms with Crippen LogP contribution in [-0.4, -0.2) is 82.5 Å². The number of amides is 4. The number of rotatable bonds is 2. The van der Waals surface area contributed by atoms with E-state index >= 15 is 0 Å². The van der Waals surface area contributed by atoms with Crippen molar-refractivity contribution in [1.82, 2.24) is 19.6 Å². The number of fused-ring (bicyclic) bond motifs is 6. The van der Waals surface area contributed by atoms with Crippen LogP contribution in [0, 0.1) is 11.8 Å². The zero-order valence-corrected chi connectivity index (χ0v) is 28.5. The minimum absolute atomic E-state index is 0.0393. The van der Waals surface area contributed by atoms with Crippen molar-refractivity contribution in [2.45, 2.75) is 102 Å². The number of hydrogen-bond acceptors (Lipinski definition) is 4. The molecular formula is C40H52N4O4. The van der Waals surface area contributed by atoms with Gasteiger partial charge in [0.05, 0.1) is 25.2 Å². The van der Waals surface area contributed by atoms with Gasteiger partial charge in [0.2, 0.25) is 23.6 Å². The minimum atomic E-state index is 0.0393. The third-order valence-electron chi connectivity index (χ3n) is 11.9. The Morgan fingerprint density at radius 2 is 0.917 bits per heavy atom. The summed E-state index contributed by atoms with van der Waals surface area (Å²) < 4.78 is 0. The van der Waals surface area contributed by atoms with Gasteiger partial charge in [-0.3, -0.25) is 19.2 Å².